The molecular formula is C7H16N2O2. The van der Waals surface area contributed by atoms with E-state index in [4.69, 9.17) is 5.73 Å². The normalized spacial score (nSPS) is 10.1. The third kappa shape index (κ3) is 5.66. The van der Waals surface area contributed by atoms with Crippen LogP contribution in [-0.2, 0) is 4.74 Å². The van der Waals surface area contributed by atoms with Crippen molar-refractivity contribution in [1.29, 1.82) is 0 Å². The first kappa shape index (κ1) is 10.2. The van der Waals surface area contributed by atoms with Crippen LogP contribution in [0.4, 0.5) is 4.79 Å². The molecule has 0 atom stereocenters. The number of primary amides is 1. The van der Waals surface area contributed by atoms with Crippen LogP contribution in [0, 0.1) is 0 Å². The molecule has 0 saturated carbocycles. The summed E-state index contributed by atoms with van der Waals surface area (Å²) < 4.78 is 4.57. The topological polar surface area (TPSA) is 55.6 Å². The number of carbonyl (C=O) groups excluding carboxylic acids is 1. The molecule has 0 aromatic rings. The van der Waals surface area contributed by atoms with Crippen LogP contribution in [0.2, 0.25) is 0 Å². The van der Waals surface area contributed by atoms with E-state index in [2.05, 4.69) is 23.5 Å². The molecule has 0 bridgehead atoms. The highest BCUT2D eigenvalue weighted by atomic mass is 16.5. The van der Waals surface area contributed by atoms with E-state index in [0.29, 0.717) is 6.61 Å². The van der Waals surface area contributed by atoms with Gasteiger partial charge in [0.15, 0.2) is 0 Å². The van der Waals surface area contributed by atoms with E-state index >= 15 is 0 Å². The molecule has 0 aliphatic carbocycles. The summed E-state index contributed by atoms with van der Waals surface area (Å²) in [4.78, 5) is 12.3. The van der Waals surface area contributed by atoms with Crippen LogP contribution in [0.5, 0.6) is 0 Å². The van der Waals surface area contributed by atoms with Gasteiger partial charge in [-0.1, -0.05) is 13.8 Å². The number of hydrogen-bond donors (Lipinski definition) is 1. The van der Waals surface area contributed by atoms with Gasteiger partial charge >= 0.3 is 6.09 Å². The molecule has 0 saturated heterocycles. The Kier molecular flexibility index (Phi) is 5.56. The Balaban J connectivity index is 3.28. The summed E-state index contributed by atoms with van der Waals surface area (Å²) in [5, 5.41) is 0. The molecule has 0 aromatic carbocycles. The Bertz CT molecular complexity index is 113. The standard InChI is InChI=1S/C7H16N2O2/c1-3-9(4-2)5-6-11-7(8)10/h3-6H2,1-2H3,(H2,8,10). The quantitative estimate of drug-likeness (QED) is 0.634. The molecule has 0 aliphatic rings. The average molecular weight is 160 g/mol. The van der Waals surface area contributed by atoms with Crippen LogP contribution in [0.25, 0.3) is 0 Å². The Morgan fingerprint density at radius 1 is 1.45 bits per heavy atom. The van der Waals surface area contributed by atoms with Crippen LogP contribution in [0.15, 0.2) is 0 Å². The van der Waals surface area contributed by atoms with Gasteiger partial charge < -0.3 is 15.4 Å². The van der Waals surface area contributed by atoms with E-state index < -0.39 is 6.09 Å². The minimum Gasteiger partial charge on any atom is -0.448 e. The van der Waals surface area contributed by atoms with Crippen molar-refractivity contribution in [2.45, 2.75) is 13.8 Å². The second-order valence-electron chi connectivity index (χ2n) is 2.19. The molecule has 0 heterocycles. The maximum atomic E-state index is 10.1. The van der Waals surface area contributed by atoms with Gasteiger partial charge in [0, 0.05) is 6.54 Å². The van der Waals surface area contributed by atoms with Crippen molar-refractivity contribution < 1.29 is 9.53 Å². The number of nitrogens with two attached hydrogens (primary N) is 1. The van der Waals surface area contributed by atoms with E-state index in [1.165, 1.54) is 0 Å². The van der Waals surface area contributed by atoms with Crippen molar-refractivity contribution >= 4 is 6.09 Å². The zero-order valence-corrected chi connectivity index (χ0v) is 7.17. The smallest absolute Gasteiger partial charge is 0.404 e. The highest BCUT2D eigenvalue weighted by Crippen LogP contribution is 1.86. The summed E-state index contributed by atoms with van der Waals surface area (Å²) in [7, 11) is 0. The summed E-state index contributed by atoms with van der Waals surface area (Å²) in [5.41, 5.74) is 4.78. The molecule has 0 aromatic heterocycles. The van der Waals surface area contributed by atoms with Crippen LogP contribution in [0.1, 0.15) is 13.8 Å². The molecule has 0 aliphatic heterocycles. The second kappa shape index (κ2) is 5.97. The zero-order valence-electron chi connectivity index (χ0n) is 7.17. The summed E-state index contributed by atoms with van der Waals surface area (Å²) >= 11 is 0. The number of hydrogen-bond acceptors (Lipinski definition) is 3. The number of nitrogens with zero attached hydrogens (tertiary/aromatic N) is 1. The lowest BCUT2D eigenvalue weighted by Gasteiger charge is -2.16. The summed E-state index contributed by atoms with van der Waals surface area (Å²) in [5.74, 6) is 0. The highest BCUT2D eigenvalue weighted by Gasteiger charge is 1.99. The molecular weight excluding hydrogens is 144 g/mol. The lowest BCUT2D eigenvalue weighted by Crippen LogP contribution is -2.28. The minimum absolute atomic E-state index is 0.386. The average Bonchev–Trinajstić information content (AvgIpc) is 1.98. The molecule has 2 N–H and O–H groups in total. The Morgan fingerprint density at radius 2 is 2.00 bits per heavy atom. The SMILES string of the molecule is CCN(CC)CCOC(N)=O. The molecule has 66 valence electrons. The summed E-state index contributed by atoms with van der Waals surface area (Å²) in [6.07, 6.45) is -0.697. The summed E-state index contributed by atoms with van der Waals surface area (Å²) in [6, 6.07) is 0. The van der Waals surface area contributed by atoms with E-state index in [-0.39, 0.29) is 0 Å². The maximum Gasteiger partial charge on any atom is 0.404 e. The number of ether oxygens (including phenoxy) is 1. The van der Waals surface area contributed by atoms with Crippen molar-refractivity contribution in [3.63, 3.8) is 0 Å². The van der Waals surface area contributed by atoms with Crippen molar-refractivity contribution in [3.05, 3.63) is 0 Å². The van der Waals surface area contributed by atoms with Crippen molar-refractivity contribution in [3.8, 4) is 0 Å². The van der Waals surface area contributed by atoms with Crippen molar-refractivity contribution in [2.24, 2.45) is 5.73 Å². The fourth-order valence-corrected chi connectivity index (χ4v) is 0.815. The first-order valence-corrected chi connectivity index (χ1v) is 3.85. The zero-order chi connectivity index (χ0) is 8.69. The highest BCUT2D eigenvalue weighted by molar-refractivity contribution is 5.64. The maximum absolute atomic E-state index is 10.1. The van der Waals surface area contributed by atoms with Crippen LogP contribution >= 0.6 is 0 Å². The molecule has 0 fully saturated rings. The fraction of sp³-hybridized carbons (Fsp3) is 0.857. The van der Waals surface area contributed by atoms with Gasteiger partial charge in [0.25, 0.3) is 0 Å². The largest absolute Gasteiger partial charge is 0.448 e. The monoisotopic (exact) mass is 160 g/mol. The van der Waals surface area contributed by atoms with E-state index in [9.17, 15) is 4.79 Å². The Labute approximate surface area is 67.3 Å². The summed E-state index contributed by atoms with van der Waals surface area (Å²) in [6.45, 7) is 7.21. The van der Waals surface area contributed by atoms with Gasteiger partial charge in [0.2, 0.25) is 0 Å². The fourth-order valence-electron chi connectivity index (χ4n) is 0.815. The van der Waals surface area contributed by atoms with Crippen LogP contribution in [-0.4, -0.2) is 37.2 Å². The van der Waals surface area contributed by atoms with Gasteiger partial charge in [-0.25, -0.2) is 4.79 Å². The molecule has 1 amide bonds. The number of likely N-dealkylation sites (N-methyl/N-ethyl adjacent to an activating group) is 1. The molecule has 0 spiro atoms. The number of amides is 1. The molecule has 0 rings (SSSR count). The van der Waals surface area contributed by atoms with Crippen LogP contribution < -0.4 is 5.73 Å². The van der Waals surface area contributed by atoms with E-state index in [1.807, 2.05) is 0 Å². The Hall–Kier alpha value is -0.770. The lowest BCUT2D eigenvalue weighted by molar-refractivity contribution is 0.138. The molecule has 4 heteroatoms. The van der Waals surface area contributed by atoms with Gasteiger partial charge in [-0.05, 0) is 13.1 Å². The molecule has 0 unspecified atom stereocenters. The van der Waals surface area contributed by atoms with Gasteiger partial charge in [0.1, 0.15) is 6.61 Å². The van der Waals surface area contributed by atoms with Gasteiger partial charge in [-0.3, -0.25) is 0 Å². The second-order valence-corrected chi connectivity index (χ2v) is 2.19. The molecule has 0 radical (unpaired) electrons. The lowest BCUT2D eigenvalue weighted by atomic mass is 10.5. The van der Waals surface area contributed by atoms with Crippen LogP contribution in [0.3, 0.4) is 0 Å². The van der Waals surface area contributed by atoms with Crippen molar-refractivity contribution in [1.82, 2.24) is 4.90 Å². The van der Waals surface area contributed by atoms with Gasteiger partial charge in [-0.15, -0.1) is 0 Å². The first-order valence-electron chi connectivity index (χ1n) is 3.85. The number of carbonyl (C=O) groups is 1. The first-order chi connectivity index (χ1) is 5.20. The van der Waals surface area contributed by atoms with Gasteiger partial charge in [-0.2, -0.15) is 0 Å². The number of rotatable bonds is 5. The molecule has 4 nitrogen and oxygen atoms in total. The predicted molar refractivity (Wildman–Crippen MR) is 43.3 cm³/mol. The Morgan fingerprint density at radius 3 is 2.36 bits per heavy atom. The van der Waals surface area contributed by atoms with E-state index in [1.54, 1.807) is 0 Å². The predicted octanol–water partition coefficient (Wildman–Crippen LogP) is 0.424. The van der Waals surface area contributed by atoms with E-state index in [0.717, 1.165) is 19.6 Å². The third-order valence-electron chi connectivity index (χ3n) is 1.55. The van der Waals surface area contributed by atoms with Gasteiger partial charge in [0.05, 0.1) is 0 Å². The third-order valence-corrected chi connectivity index (χ3v) is 1.55. The molecule has 11 heavy (non-hydrogen) atoms. The van der Waals surface area contributed by atoms with Crippen molar-refractivity contribution in [2.75, 3.05) is 26.2 Å². The minimum atomic E-state index is -0.697.